The van der Waals surface area contributed by atoms with E-state index in [1.54, 1.807) is 36.7 Å². The van der Waals surface area contributed by atoms with E-state index in [1.807, 2.05) is 6.07 Å². The lowest BCUT2D eigenvalue weighted by molar-refractivity contribution is -0.114. The highest BCUT2D eigenvalue weighted by atomic mass is 16.2. The molecule has 1 aromatic carbocycles. The summed E-state index contributed by atoms with van der Waals surface area (Å²) in [5.41, 5.74) is 15.0. The second kappa shape index (κ2) is 9.61. The van der Waals surface area contributed by atoms with Crippen molar-refractivity contribution in [2.45, 2.75) is 25.8 Å². The monoisotopic (exact) mass is 446 g/mol. The molecule has 1 aliphatic rings. The van der Waals surface area contributed by atoms with Crippen LogP contribution in [0.4, 0.5) is 22.7 Å². The second-order valence-corrected chi connectivity index (χ2v) is 7.95. The van der Waals surface area contributed by atoms with Crippen LogP contribution in [0, 0.1) is 0 Å². The lowest BCUT2D eigenvalue weighted by Crippen LogP contribution is -2.43. The van der Waals surface area contributed by atoms with Gasteiger partial charge < -0.3 is 27.0 Å². The fourth-order valence-electron chi connectivity index (χ4n) is 3.82. The molecule has 10 heteroatoms. The zero-order valence-corrected chi connectivity index (χ0v) is 18.3. The van der Waals surface area contributed by atoms with Gasteiger partial charge in [-0.1, -0.05) is 12.1 Å². The average Bonchev–Trinajstić information content (AvgIpc) is 2.79. The van der Waals surface area contributed by atoms with Crippen molar-refractivity contribution in [3.05, 3.63) is 54.6 Å². The summed E-state index contributed by atoms with van der Waals surface area (Å²) in [6.07, 6.45) is 6.65. The molecule has 1 saturated heterocycles. The van der Waals surface area contributed by atoms with Crippen molar-refractivity contribution >= 4 is 34.6 Å². The first kappa shape index (κ1) is 22.2. The summed E-state index contributed by atoms with van der Waals surface area (Å²) in [4.78, 5) is 39.4. The predicted molar refractivity (Wildman–Crippen MR) is 128 cm³/mol. The molecule has 0 bridgehead atoms. The highest BCUT2D eigenvalue weighted by Crippen LogP contribution is 2.28. The molecule has 1 aliphatic heterocycles. The minimum Gasteiger partial charge on any atom is -0.396 e. The second-order valence-electron chi connectivity index (χ2n) is 7.95. The van der Waals surface area contributed by atoms with Gasteiger partial charge in [-0.25, -0.2) is 9.97 Å². The lowest BCUT2D eigenvalue weighted by Gasteiger charge is -2.33. The number of hydrogen-bond acceptors (Lipinski definition) is 8. The van der Waals surface area contributed by atoms with Gasteiger partial charge in [0.25, 0.3) is 5.91 Å². The SMILES string of the molecule is CC(=O)Nc1cccc(-c2ncc(N)c(C(=O)Nc3cnccc3N3CCC[C@H](N)C3)n2)c1. The van der Waals surface area contributed by atoms with Crippen molar-refractivity contribution in [1.82, 2.24) is 15.0 Å². The minimum atomic E-state index is -0.468. The highest BCUT2D eigenvalue weighted by Gasteiger charge is 2.21. The molecular weight excluding hydrogens is 420 g/mol. The summed E-state index contributed by atoms with van der Waals surface area (Å²) >= 11 is 0. The number of pyridine rings is 1. The Morgan fingerprint density at radius 1 is 1.18 bits per heavy atom. The summed E-state index contributed by atoms with van der Waals surface area (Å²) in [5, 5.41) is 5.60. The molecule has 10 nitrogen and oxygen atoms in total. The molecule has 170 valence electrons. The lowest BCUT2D eigenvalue weighted by atomic mass is 10.1. The van der Waals surface area contributed by atoms with Gasteiger partial charge in [0.05, 0.1) is 29.5 Å². The zero-order chi connectivity index (χ0) is 23.4. The van der Waals surface area contributed by atoms with Crippen LogP contribution in [0.3, 0.4) is 0 Å². The van der Waals surface area contributed by atoms with Crippen LogP contribution in [0.5, 0.6) is 0 Å². The van der Waals surface area contributed by atoms with Crippen LogP contribution in [-0.4, -0.2) is 45.9 Å². The Morgan fingerprint density at radius 3 is 2.82 bits per heavy atom. The number of nitrogens with two attached hydrogens (primary N) is 2. The van der Waals surface area contributed by atoms with E-state index >= 15 is 0 Å². The molecular formula is C23H26N8O2. The number of hydrogen-bond donors (Lipinski definition) is 4. The number of carbonyl (C=O) groups is 2. The number of benzene rings is 1. The molecule has 0 spiro atoms. The molecule has 0 saturated carbocycles. The van der Waals surface area contributed by atoms with E-state index in [0.29, 0.717) is 29.3 Å². The zero-order valence-electron chi connectivity index (χ0n) is 18.3. The van der Waals surface area contributed by atoms with Gasteiger partial charge in [-0.05, 0) is 31.0 Å². The molecule has 4 rings (SSSR count). The third-order valence-electron chi connectivity index (χ3n) is 5.32. The predicted octanol–water partition coefficient (Wildman–Crippen LogP) is 2.26. The van der Waals surface area contributed by atoms with Gasteiger partial charge in [0.2, 0.25) is 5.91 Å². The number of nitrogen functional groups attached to an aromatic ring is 1. The largest absolute Gasteiger partial charge is 0.396 e. The Balaban J connectivity index is 1.60. The van der Waals surface area contributed by atoms with E-state index < -0.39 is 5.91 Å². The van der Waals surface area contributed by atoms with Gasteiger partial charge in [0.1, 0.15) is 0 Å². The summed E-state index contributed by atoms with van der Waals surface area (Å²) in [6.45, 7) is 2.99. The van der Waals surface area contributed by atoms with Crippen LogP contribution in [-0.2, 0) is 4.79 Å². The van der Waals surface area contributed by atoms with Crippen LogP contribution in [0.15, 0.2) is 48.9 Å². The van der Waals surface area contributed by atoms with Crippen LogP contribution in [0.25, 0.3) is 11.4 Å². The minimum absolute atomic E-state index is 0.0510. The number of amides is 2. The van der Waals surface area contributed by atoms with E-state index in [4.69, 9.17) is 11.5 Å². The van der Waals surface area contributed by atoms with Gasteiger partial charge >= 0.3 is 0 Å². The number of nitrogens with zero attached hydrogens (tertiary/aromatic N) is 4. The van der Waals surface area contributed by atoms with Crippen molar-refractivity contribution < 1.29 is 9.59 Å². The smallest absolute Gasteiger partial charge is 0.276 e. The van der Waals surface area contributed by atoms with Gasteiger partial charge in [0.15, 0.2) is 11.5 Å². The Bertz CT molecular complexity index is 1180. The van der Waals surface area contributed by atoms with E-state index in [2.05, 4.69) is 30.5 Å². The topological polar surface area (TPSA) is 152 Å². The summed E-state index contributed by atoms with van der Waals surface area (Å²) < 4.78 is 0. The number of carbonyl (C=O) groups excluding carboxylic acids is 2. The van der Waals surface area contributed by atoms with Crippen LogP contribution < -0.4 is 27.0 Å². The molecule has 0 aliphatic carbocycles. The Kier molecular flexibility index (Phi) is 6.45. The molecule has 33 heavy (non-hydrogen) atoms. The third-order valence-corrected chi connectivity index (χ3v) is 5.32. The third kappa shape index (κ3) is 5.24. The molecule has 2 amide bonds. The van der Waals surface area contributed by atoms with Crippen molar-refractivity contribution in [3.8, 4) is 11.4 Å². The van der Waals surface area contributed by atoms with E-state index in [1.165, 1.54) is 13.1 Å². The first-order chi connectivity index (χ1) is 15.9. The Morgan fingerprint density at radius 2 is 2.03 bits per heavy atom. The number of aromatic nitrogens is 3. The van der Waals surface area contributed by atoms with Gasteiger partial charge in [-0.3, -0.25) is 14.6 Å². The maximum absolute atomic E-state index is 13.1. The maximum Gasteiger partial charge on any atom is 0.276 e. The molecule has 0 unspecified atom stereocenters. The molecule has 1 atom stereocenters. The molecule has 2 aromatic heterocycles. The first-order valence-electron chi connectivity index (χ1n) is 10.7. The van der Waals surface area contributed by atoms with Gasteiger partial charge in [-0.2, -0.15) is 0 Å². The van der Waals surface area contributed by atoms with Crippen LogP contribution >= 0.6 is 0 Å². The average molecular weight is 447 g/mol. The summed E-state index contributed by atoms with van der Waals surface area (Å²) in [7, 11) is 0. The molecule has 6 N–H and O–H groups in total. The van der Waals surface area contributed by atoms with E-state index in [-0.39, 0.29) is 23.3 Å². The van der Waals surface area contributed by atoms with E-state index in [0.717, 1.165) is 25.1 Å². The number of rotatable bonds is 5. The highest BCUT2D eigenvalue weighted by molar-refractivity contribution is 6.07. The van der Waals surface area contributed by atoms with Crippen molar-refractivity contribution in [3.63, 3.8) is 0 Å². The fraction of sp³-hybridized carbons (Fsp3) is 0.261. The van der Waals surface area contributed by atoms with Crippen molar-refractivity contribution in [2.75, 3.05) is 34.4 Å². The summed E-state index contributed by atoms with van der Waals surface area (Å²) in [5.74, 6) is -0.341. The van der Waals surface area contributed by atoms with Crippen molar-refractivity contribution in [2.24, 2.45) is 5.73 Å². The maximum atomic E-state index is 13.1. The van der Waals surface area contributed by atoms with E-state index in [9.17, 15) is 9.59 Å². The first-order valence-corrected chi connectivity index (χ1v) is 10.7. The molecule has 3 heterocycles. The fourth-order valence-corrected chi connectivity index (χ4v) is 3.82. The normalized spacial score (nSPS) is 15.7. The van der Waals surface area contributed by atoms with Gasteiger partial charge in [-0.15, -0.1) is 0 Å². The number of nitrogens with one attached hydrogen (secondary N) is 2. The van der Waals surface area contributed by atoms with Crippen LogP contribution in [0.2, 0.25) is 0 Å². The molecule has 0 radical (unpaired) electrons. The molecule has 1 fully saturated rings. The molecule has 3 aromatic rings. The van der Waals surface area contributed by atoms with Crippen LogP contribution in [0.1, 0.15) is 30.3 Å². The Hall–Kier alpha value is -4.05. The Labute approximate surface area is 191 Å². The number of anilines is 4. The van der Waals surface area contributed by atoms with Gasteiger partial charge in [0, 0.05) is 43.5 Å². The standard InChI is InChI=1S/C23H26N8O2/c1-14(32)28-17-6-2-4-15(10-17)22-27-11-18(25)21(30-22)23(33)29-19-12-26-8-7-20(19)31-9-3-5-16(24)13-31/h2,4,6-8,10-12,16H,3,5,9,13,24-25H2,1H3,(H,28,32)(H,29,33)/t16-/m0/s1. The van der Waals surface area contributed by atoms with Crippen molar-refractivity contribution in [1.29, 1.82) is 0 Å². The quantitative estimate of drug-likeness (QED) is 0.466. The number of piperidine rings is 1. The summed E-state index contributed by atoms with van der Waals surface area (Å²) in [6, 6.07) is 8.99.